The summed E-state index contributed by atoms with van der Waals surface area (Å²) in [5.41, 5.74) is 0.910. The standard InChI is InChI=1S/C17H26FNO2/c1-19-16(13-9-10-15(20-2)14(18)11-13)17(21-3)12-7-5-4-6-8-12/h9-12,16-17,19H,4-8H2,1-3H3. The second kappa shape index (κ2) is 7.76. The van der Waals surface area contributed by atoms with Gasteiger partial charge in [-0.3, -0.25) is 0 Å². The molecule has 0 bridgehead atoms. The van der Waals surface area contributed by atoms with Gasteiger partial charge in [-0.15, -0.1) is 0 Å². The second-order valence-corrected chi connectivity index (χ2v) is 5.76. The lowest BCUT2D eigenvalue weighted by Gasteiger charge is -2.35. The molecule has 1 aliphatic rings. The Bertz CT molecular complexity index is 446. The van der Waals surface area contributed by atoms with Crippen molar-refractivity contribution in [3.8, 4) is 5.75 Å². The fourth-order valence-corrected chi connectivity index (χ4v) is 3.46. The Morgan fingerprint density at radius 1 is 1.19 bits per heavy atom. The van der Waals surface area contributed by atoms with Crippen LogP contribution < -0.4 is 10.1 Å². The van der Waals surface area contributed by atoms with Gasteiger partial charge in [-0.2, -0.15) is 0 Å². The maximum absolute atomic E-state index is 14.0. The predicted molar refractivity (Wildman–Crippen MR) is 82.1 cm³/mol. The number of nitrogens with one attached hydrogen (secondary N) is 1. The monoisotopic (exact) mass is 295 g/mol. The topological polar surface area (TPSA) is 30.5 Å². The summed E-state index contributed by atoms with van der Waals surface area (Å²) in [6.45, 7) is 0. The van der Waals surface area contributed by atoms with E-state index < -0.39 is 0 Å². The Labute approximate surface area is 126 Å². The summed E-state index contributed by atoms with van der Waals surface area (Å²) in [6.07, 6.45) is 6.29. The van der Waals surface area contributed by atoms with Crippen LogP contribution in [0.1, 0.15) is 43.7 Å². The van der Waals surface area contributed by atoms with E-state index in [9.17, 15) is 4.39 Å². The van der Waals surface area contributed by atoms with E-state index in [4.69, 9.17) is 9.47 Å². The average molecular weight is 295 g/mol. The fraction of sp³-hybridized carbons (Fsp3) is 0.647. The van der Waals surface area contributed by atoms with Crippen LogP contribution in [0, 0.1) is 11.7 Å². The highest BCUT2D eigenvalue weighted by molar-refractivity contribution is 5.31. The van der Waals surface area contributed by atoms with Crippen molar-refractivity contribution in [2.45, 2.75) is 44.2 Å². The van der Waals surface area contributed by atoms with E-state index in [-0.39, 0.29) is 23.7 Å². The van der Waals surface area contributed by atoms with E-state index in [1.54, 1.807) is 19.2 Å². The van der Waals surface area contributed by atoms with Crippen molar-refractivity contribution in [3.63, 3.8) is 0 Å². The lowest BCUT2D eigenvalue weighted by Crippen LogP contribution is -2.37. The molecule has 1 aromatic rings. The van der Waals surface area contributed by atoms with E-state index in [1.165, 1.54) is 39.2 Å². The molecule has 4 heteroatoms. The van der Waals surface area contributed by atoms with Gasteiger partial charge in [0.05, 0.1) is 19.3 Å². The molecule has 1 aliphatic carbocycles. The van der Waals surface area contributed by atoms with Crippen molar-refractivity contribution in [3.05, 3.63) is 29.6 Å². The Balaban J connectivity index is 2.21. The van der Waals surface area contributed by atoms with Crippen molar-refractivity contribution >= 4 is 0 Å². The average Bonchev–Trinajstić information content (AvgIpc) is 2.53. The van der Waals surface area contributed by atoms with Gasteiger partial charge < -0.3 is 14.8 Å². The zero-order valence-electron chi connectivity index (χ0n) is 13.2. The molecule has 1 aromatic carbocycles. The quantitative estimate of drug-likeness (QED) is 0.868. The molecular formula is C17H26FNO2. The van der Waals surface area contributed by atoms with Gasteiger partial charge in [-0.05, 0) is 43.5 Å². The predicted octanol–water partition coefficient (Wildman–Crippen LogP) is 3.69. The fourth-order valence-electron chi connectivity index (χ4n) is 3.46. The number of methoxy groups -OCH3 is 2. The Kier molecular flexibility index (Phi) is 6.00. The third-order valence-electron chi connectivity index (χ3n) is 4.56. The molecule has 0 heterocycles. The third kappa shape index (κ3) is 3.74. The zero-order chi connectivity index (χ0) is 15.2. The summed E-state index contributed by atoms with van der Waals surface area (Å²) in [6, 6.07) is 5.15. The number of benzene rings is 1. The maximum Gasteiger partial charge on any atom is 0.165 e. The van der Waals surface area contributed by atoms with Crippen LogP contribution in [0.4, 0.5) is 4.39 Å². The lowest BCUT2D eigenvalue weighted by molar-refractivity contribution is 0.00933. The zero-order valence-corrected chi connectivity index (χ0v) is 13.2. The minimum Gasteiger partial charge on any atom is -0.494 e. The van der Waals surface area contributed by atoms with E-state index in [0.29, 0.717) is 5.92 Å². The van der Waals surface area contributed by atoms with Gasteiger partial charge in [0, 0.05) is 7.11 Å². The van der Waals surface area contributed by atoms with Gasteiger partial charge in [-0.25, -0.2) is 4.39 Å². The van der Waals surface area contributed by atoms with Gasteiger partial charge in [-0.1, -0.05) is 25.3 Å². The molecule has 0 saturated heterocycles. The smallest absolute Gasteiger partial charge is 0.165 e. The number of likely N-dealkylation sites (N-methyl/N-ethyl adjacent to an activating group) is 1. The molecule has 1 saturated carbocycles. The van der Waals surface area contributed by atoms with E-state index in [2.05, 4.69) is 5.32 Å². The molecule has 1 fully saturated rings. The van der Waals surface area contributed by atoms with Crippen LogP contribution in [0.3, 0.4) is 0 Å². The molecular weight excluding hydrogens is 269 g/mol. The number of halogens is 1. The summed E-state index contributed by atoms with van der Waals surface area (Å²) in [5.74, 6) is 0.486. The number of hydrogen-bond donors (Lipinski definition) is 1. The van der Waals surface area contributed by atoms with Gasteiger partial charge in [0.25, 0.3) is 0 Å². The van der Waals surface area contributed by atoms with Crippen molar-refractivity contribution in [1.82, 2.24) is 5.32 Å². The molecule has 0 aliphatic heterocycles. The SMILES string of the molecule is CNC(c1ccc(OC)c(F)c1)C(OC)C1CCCCC1. The van der Waals surface area contributed by atoms with Crippen LogP contribution in [0.5, 0.6) is 5.75 Å². The van der Waals surface area contributed by atoms with Crippen molar-refractivity contribution in [2.75, 3.05) is 21.3 Å². The first-order chi connectivity index (χ1) is 10.2. The van der Waals surface area contributed by atoms with Crippen LogP contribution in [0.15, 0.2) is 18.2 Å². The first-order valence-corrected chi connectivity index (χ1v) is 7.74. The molecule has 3 nitrogen and oxygen atoms in total. The molecule has 0 radical (unpaired) electrons. The molecule has 118 valence electrons. The molecule has 2 rings (SSSR count). The lowest BCUT2D eigenvalue weighted by atomic mass is 9.81. The molecule has 1 N–H and O–H groups in total. The Morgan fingerprint density at radius 3 is 2.43 bits per heavy atom. The largest absolute Gasteiger partial charge is 0.494 e. The summed E-state index contributed by atoms with van der Waals surface area (Å²) in [5, 5.41) is 3.30. The Hall–Kier alpha value is -1.13. The van der Waals surface area contributed by atoms with Crippen LogP contribution in [-0.4, -0.2) is 27.4 Å². The number of rotatable bonds is 6. The van der Waals surface area contributed by atoms with Crippen LogP contribution in [0.2, 0.25) is 0 Å². The summed E-state index contributed by atoms with van der Waals surface area (Å²) < 4.78 is 24.7. The van der Waals surface area contributed by atoms with Gasteiger partial charge >= 0.3 is 0 Å². The normalized spacial score (nSPS) is 19.2. The highest BCUT2D eigenvalue weighted by Crippen LogP contribution is 2.34. The molecule has 2 unspecified atom stereocenters. The molecule has 2 atom stereocenters. The summed E-state index contributed by atoms with van der Waals surface area (Å²) in [4.78, 5) is 0. The van der Waals surface area contributed by atoms with Crippen molar-refractivity contribution in [2.24, 2.45) is 5.92 Å². The highest BCUT2D eigenvalue weighted by atomic mass is 19.1. The van der Waals surface area contributed by atoms with Crippen LogP contribution in [-0.2, 0) is 4.74 Å². The summed E-state index contributed by atoms with van der Waals surface area (Å²) in [7, 11) is 5.14. The van der Waals surface area contributed by atoms with Gasteiger partial charge in [0.1, 0.15) is 0 Å². The number of hydrogen-bond acceptors (Lipinski definition) is 3. The minimum absolute atomic E-state index is 0.00138. The van der Waals surface area contributed by atoms with Crippen molar-refractivity contribution < 1.29 is 13.9 Å². The van der Waals surface area contributed by atoms with Gasteiger partial charge in [0.2, 0.25) is 0 Å². The maximum atomic E-state index is 14.0. The minimum atomic E-state index is -0.325. The van der Waals surface area contributed by atoms with Crippen LogP contribution in [0.25, 0.3) is 0 Å². The van der Waals surface area contributed by atoms with Crippen molar-refractivity contribution in [1.29, 1.82) is 0 Å². The first-order valence-electron chi connectivity index (χ1n) is 7.74. The molecule has 0 aromatic heterocycles. The van der Waals surface area contributed by atoms with Gasteiger partial charge in [0.15, 0.2) is 11.6 Å². The molecule has 0 spiro atoms. The van der Waals surface area contributed by atoms with Crippen LogP contribution >= 0.6 is 0 Å². The highest BCUT2D eigenvalue weighted by Gasteiger charge is 2.31. The third-order valence-corrected chi connectivity index (χ3v) is 4.56. The molecule has 0 amide bonds. The molecule has 21 heavy (non-hydrogen) atoms. The second-order valence-electron chi connectivity index (χ2n) is 5.76. The first kappa shape index (κ1) is 16.2. The number of ether oxygens (including phenoxy) is 2. The Morgan fingerprint density at radius 2 is 1.90 bits per heavy atom. The summed E-state index contributed by atoms with van der Waals surface area (Å²) >= 11 is 0. The van der Waals surface area contributed by atoms with E-state index in [1.807, 2.05) is 13.1 Å². The van der Waals surface area contributed by atoms with E-state index >= 15 is 0 Å². The van der Waals surface area contributed by atoms with E-state index in [0.717, 1.165) is 5.56 Å².